The smallest absolute Gasteiger partial charge is 0.260 e. The van der Waals surface area contributed by atoms with Crippen LogP contribution in [-0.2, 0) is 0 Å². The minimum Gasteiger partial charge on any atom is -0.497 e. The molecule has 146 valence electrons. The van der Waals surface area contributed by atoms with Gasteiger partial charge in [-0.2, -0.15) is 0 Å². The van der Waals surface area contributed by atoms with Gasteiger partial charge in [0.25, 0.3) is 5.88 Å². The molecule has 0 aliphatic carbocycles. The van der Waals surface area contributed by atoms with Crippen molar-refractivity contribution in [1.29, 1.82) is 0 Å². The van der Waals surface area contributed by atoms with Gasteiger partial charge in [0, 0.05) is 51.1 Å². The quantitative estimate of drug-likeness (QED) is 0.739. The van der Waals surface area contributed by atoms with Crippen LogP contribution in [0.15, 0.2) is 30.6 Å². The average Bonchev–Trinajstić information content (AvgIpc) is 2.69. The molecule has 1 unspecified atom stereocenters. The van der Waals surface area contributed by atoms with E-state index in [4.69, 9.17) is 18.9 Å². The second-order valence-corrected chi connectivity index (χ2v) is 6.25. The molecule has 3 rings (SSSR count). The van der Waals surface area contributed by atoms with E-state index >= 15 is 0 Å². The van der Waals surface area contributed by atoms with Crippen LogP contribution in [-0.4, -0.2) is 56.2 Å². The first-order valence-electron chi connectivity index (χ1n) is 8.96. The molecule has 1 aliphatic rings. The highest BCUT2D eigenvalue weighted by Crippen LogP contribution is 2.33. The zero-order valence-electron chi connectivity index (χ0n) is 16.1. The standard InChI is InChI=1S/C19H26N4O4/c1-13-12-20-9-10-23(13)18-19(22-8-7-21-18)27-14(2)26-17-11-15(24-3)5-6-16(17)25-4/h5-8,11,13-14,20H,9-10,12H2,1-4H3/t13-,14?/m1/s1. The molecule has 1 fully saturated rings. The van der Waals surface area contributed by atoms with Gasteiger partial charge in [-0.3, -0.25) is 0 Å². The van der Waals surface area contributed by atoms with E-state index in [1.807, 2.05) is 6.07 Å². The van der Waals surface area contributed by atoms with E-state index in [-0.39, 0.29) is 0 Å². The number of aromatic nitrogens is 2. The summed E-state index contributed by atoms with van der Waals surface area (Å²) < 4.78 is 22.5. The summed E-state index contributed by atoms with van der Waals surface area (Å²) in [6, 6.07) is 5.66. The Kier molecular flexibility index (Phi) is 6.18. The van der Waals surface area contributed by atoms with Gasteiger partial charge >= 0.3 is 0 Å². The molecule has 0 amide bonds. The Balaban J connectivity index is 1.76. The van der Waals surface area contributed by atoms with Crippen LogP contribution in [0.5, 0.6) is 23.1 Å². The molecule has 0 radical (unpaired) electrons. The highest BCUT2D eigenvalue weighted by atomic mass is 16.7. The monoisotopic (exact) mass is 374 g/mol. The van der Waals surface area contributed by atoms with E-state index in [2.05, 4.69) is 27.1 Å². The summed E-state index contributed by atoms with van der Waals surface area (Å²) in [6.07, 6.45) is 2.69. The van der Waals surface area contributed by atoms with Crippen LogP contribution in [0.1, 0.15) is 13.8 Å². The Morgan fingerprint density at radius 3 is 2.67 bits per heavy atom. The van der Waals surface area contributed by atoms with Gasteiger partial charge in [0.15, 0.2) is 17.3 Å². The third-order valence-corrected chi connectivity index (χ3v) is 4.36. The van der Waals surface area contributed by atoms with Crippen molar-refractivity contribution in [1.82, 2.24) is 15.3 Å². The van der Waals surface area contributed by atoms with E-state index in [1.54, 1.807) is 45.7 Å². The van der Waals surface area contributed by atoms with Crippen LogP contribution in [0.4, 0.5) is 5.82 Å². The molecular formula is C19H26N4O4. The van der Waals surface area contributed by atoms with E-state index in [9.17, 15) is 0 Å². The molecular weight excluding hydrogens is 348 g/mol. The number of nitrogens with zero attached hydrogens (tertiary/aromatic N) is 3. The number of anilines is 1. The zero-order valence-corrected chi connectivity index (χ0v) is 16.1. The molecule has 2 atom stereocenters. The molecule has 8 heteroatoms. The topological polar surface area (TPSA) is 78.0 Å². The minimum absolute atomic E-state index is 0.299. The summed E-state index contributed by atoms with van der Waals surface area (Å²) in [4.78, 5) is 11.0. The lowest BCUT2D eigenvalue weighted by Gasteiger charge is -2.35. The number of methoxy groups -OCH3 is 2. The predicted molar refractivity (Wildman–Crippen MR) is 102 cm³/mol. The van der Waals surface area contributed by atoms with E-state index in [1.165, 1.54) is 0 Å². The van der Waals surface area contributed by atoms with E-state index in [0.717, 1.165) is 25.5 Å². The summed E-state index contributed by atoms with van der Waals surface area (Å²) in [6.45, 7) is 6.58. The third kappa shape index (κ3) is 4.51. The van der Waals surface area contributed by atoms with E-state index in [0.29, 0.717) is 29.2 Å². The fourth-order valence-corrected chi connectivity index (χ4v) is 2.99. The van der Waals surface area contributed by atoms with Crippen molar-refractivity contribution in [3.63, 3.8) is 0 Å². The van der Waals surface area contributed by atoms with Crippen molar-refractivity contribution in [2.75, 3.05) is 38.8 Å². The van der Waals surface area contributed by atoms with Crippen molar-refractivity contribution < 1.29 is 18.9 Å². The Morgan fingerprint density at radius 1 is 1.11 bits per heavy atom. The molecule has 0 saturated carbocycles. The average molecular weight is 374 g/mol. The molecule has 2 aromatic rings. The maximum Gasteiger partial charge on any atom is 0.260 e. The van der Waals surface area contributed by atoms with Crippen LogP contribution >= 0.6 is 0 Å². The zero-order chi connectivity index (χ0) is 19.2. The summed E-state index contributed by atoms with van der Waals surface area (Å²) in [5.74, 6) is 2.97. The number of benzene rings is 1. The maximum absolute atomic E-state index is 5.97. The molecule has 1 N–H and O–H groups in total. The number of rotatable bonds is 7. The molecule has 2 heterocycles. The van der Waals surface area contributed by atoms with Gasteiger partial charge < -0.3 is 29.2 Å². The first-order valence-corrected chi connectivity index (χ1v) is 8.96. The molecule has 8 nitrogen and oxygen atoms in total. The lowest BCUT2D eigenvalue weighted by Crippen LogP contribution is -2.50. The second-order valence-electron chi connectivity index (χ2n) is 6.25. The summed E-state index contributed by atoms with van der Waals surface area (Å²) in [5.41, 5.74) is 0. The fraction of sp³-hybridized carbons (Fsp3) is 0.474. The number of hydrogen-bond donors (Lipinski definition) is 1. The Morgan fingerprint density at radius 2 is 1.93 bits per heavy atom. The van der Waals surface area contributed by atoms with Crippen LogP contribution in [0, 0.1) is 0 Å². The van der Waals surface area contributed by atoms with E-state index < -0.39 is 6.29 Å². The Bertz CT molecular complexity index is 758. The molecule has 0 bridgehead atoms. The highest BCUT2D eigenvalue weighted by molar-refractivity contribution is 5.49. The lowest BCUT2D eigenvalue weighted by atomic mass is 10.2. The van der Waals surface area contributed by atoms with Crippen molar-refractivity contribution >= 4 is 5.82 Å². The predicted octanol–water partition coefficient (Wildman–Crippen LogP) is 2.10. The van der Waals surface area contributed by atoms with Crippen LogP contribution in [0.3, 0.4) is 0 Å². The van der Waals surface area contributed by atoms with Gasteiger partial charge in [0.2, 0.25) is 6.29 Å². The van der Waals surface area contributed by atoms with Gasteiger partial charge in [-0.1, -0.05) is 0 Å². The Hall–Kier alpha value is -2.74. The van der Waals surface area contributed by atoms with Crippen molar-refractivity contribution in [3.8, 4) is 23.1 Å². The van der Waals surface area contributed by atoms with Crippen LogP contribution in [0.25, 0.3) is 0 Å². The van der Waals surface area contributed by atoms with Gasteiger partial charge in [0.05, 0.1) is 14.2 Å². The normalized spacial score (nSPS) is 17.9. The fourth-order valence-electron chi connectivity index (χ4n) is 2.99. The van der Waals surface area contributed by atoms with Gasteiger partial charge in [-0.15, -0.1) is 0 Å². The minimum atomic E-state index is -0.598. The van der Waals surface area contributed by atoms with Crippen molar-refractivity contribution in [3.05, 3.63) is 30.6 Å². The van der Waals surface area contributed by atoms with Gasteiger partial charge in [0.1, 0.15) is 5.75 Å². The highest BCUT2D eigenvalue weighted by Gasteiger charge is 2.24. The number of piperazine rings is 1. The lowest BCUT2D eigenvalue weighted by molar-refractivity contribution is 0.0165. The SMILES string of the molecule is COc1ccc(OC)c(OC(C)Oc2nccnc2N2CCNC[C@H]2C)c1. The maximum atomic E-state index is 5.97. The van der Waals surface area contributed by atoms with Gasteiger partial charge in [-0.05, 0) is 19.1 Å². The van der Waals surface area contributed by atoms with Gasteiger partial charge in [-0.25, -0.2) is 9.97 Å². The van der Waals surface area contributed by atoms with Crippen LogP contribution in [0.2, 0.25) is 0 Å². The Labute approximate surface area is 159 Å². The first-order chi connectivity index (χ1) is 13.1. The van der Waals surface area contributed by atoms with Crippen molar-refractivity contribution in [2.45, 2.75) is 26.2 Å². The molecule has 1 aromatic carbocycles. The summed E-state index contributed by atoms with van der Waals surface area (Å²) in [5, 5.41) is 3.37. The molecule has 1 aromatic heterocycles. The summed E-state index contributed by atoms with van der Waals surface area (Å²) in [7, 11) is 3.19. The molecule has 1 aliphatic heterocycles. The van der Waals surface area contributed by atoms with Crippen LogP contribution < -0.4 is 29.2 Å². The third-order valence-electron chi connectivity index (χ3n) is 4.36. The molecule has 1 saturated heterocycles. The van der Waals surface area contributed by atoms with Crippen molar-refractivity contribution in [2.24, 2.45) is 0 Å². The summed E-state index contributed by atoms with van der Waals surface area (Å²) >= 11 is 0. The number of hydrogen-bond acceptors (Lipinski definition) is 8. The number of nitrogens with one attached hydrogen (secondary N) is 1. The first kappa shape index (κ1) is 19.0. The largest absolute Gasteiger partial charge is 0.497 e. The number of ether oxygens (including phenoxy) is 4. The molecule has 0 spiro atoms. The second kappa shape index (κ2) is 8.77. The molecule has 27 heavy (non-hydrogen) atoms.